The second kappa shape index (κ2) is 3.66. The Morgan fingerprint density at radius 1 is 1.67 bits per heavy atom. The van der Waals surface area contributed by atoms with Crippen molar-refractivity contribution in [2.24, 2.45) is 0 Å². The van der Waals surface area contributed by atoms with Gasteiger partial charge in [-0.25, -0.2) is 4.68 Å². The number of hydrogen-bond acceptors (Lipinski definition) is 4. The first-order chi connectivity index (χ1) is 5.74. The molecule has 0 radical (unpaired) electrons. The van der Waals surface area contributed by atoms with E-state index in [2.05, 4.69) is 5.10 Å². The Hall–Kier alpha value is -1.65. The number of hydrogen-bond donors (Lipinski definition) is 1. The molecule has 0 atom stereocenters. The Kier molecular flexibility index (Phi) is 2.57. The molecule has 0 aliphatic carbocycles. The van der Waals surface area contributed by atoms with Gasteiger partial charge in [0.1, 0.15) is 12.0 Å². The van der Waals surface area contributed by atoms with E-state index in [4.69, 9.17) is 5.11 Å². The molecule has 1 heterocycles. The van der Waals surface area contributed by atoms with Crippen molar-refractivity contribution in [2.45, 2.75) is 13.0 Å². The van der Waals surface area contributed by atoms with E-state index in [0.29, 0.717) is 6.29 Å². The van der Waals surface area contributed by atoms with Gasteiger partial charge < -0.3 is 9.90 Å². The summed E-state index contributed by atoms with van der Waals surface area (Å²) in [4.78, 5) is 20.9. The number of carbonyl (C=O) groups excluding carboxylic acids is 1. The molecule has 0 fully saturated rings. The third kappa shape index (κ3) is 1.91. The average molecular weight is 168 g/mol. The fourth-order valence-corrected chi connectivity index (χ4v) is 0.767. The van der Waals surface area contributed by atoms with E-state index in [0.717, 1.165) is 16.9 Å². The van der Waals surface area contributed by atoms with E-state index in [1.807, 2.05) is 0 Å². The van der Waals surface area contributed by atoms with Crippen molar-refractivity contribution in [1.29, 1.82) is 0 Å². The lowest BCUT2D eigenvalue weighted by Gasteiger charge is -1.99. The monoisotopic (exact) mass is 168 g/mol. The molecule has 12 heavy (non-hydrogen) atoms. The van der Waals surface area contributed by atoms with E-state index >= 15 is 0 Å². The fourth-order valence-electron chi connectivity index (χ4n) is 0.767. The first-order valence-corrected chi connectivity index (χ1v) is 3.44. The zero-order valence-electron chi connectivity index (χ0n) is 6.30. The summed E-state index contributed by atoms with van der Waals surface area (Å²) >= 11 is 0. The number of nitrogens with zero attached hydrogens (tertiary/aromatic N) is 2. The van der Waals surface area contributed by atoms with Gasteiger partial charge in [0.25, 0.3) is 5.56 Å². The van der Waals surface area contributed by atoms with Crippen LogP contribution in [-0.4, -0.2) is 21.2 Å². The number of aromatic hydroxyl groups is 1. The highest BCUT2D eigenvalue weighted by atomic mass is 16.3. The van der Waals surface area contributed by atoms with Gasteiger partial charge in [-0.2, -0.15) is 5.10 Å². The lowest BCUT2D eigenvalue weighted by Crippen LogP contribution is -2.21. The Morgan fingerprint density at radius 2 is 2.42 bits per heavy atom. The van der Waals surface area contributed by atoms with E-state index < -0.39 is 5.56 Å². The molecule has 0 aromatic carbocycles. The predicted octanol–water partition coefficient (Wildman–Crippen LogP) is -0.462. The van der Waals surface area contributed by atoms with Gasteiger partial charge in [-0.15, -0.1) is 0 Å². The first-order valence-electron chi connectivity index (χ1n) is 3.44. The molecule has 0 unspecified atom stereocenters. The van der Waals surface area contributed by atoms with Crippen LogP contribution >= 0.6 is 0 Å². The maximum Gasteiger partial charge on any atom is 0.270 e. The molecule has 0 saturated carbocycles. The summed E-state index contributed by atoms with van der Waals surface area (Å²) in [6, 6.07) is 1.05. The van der Waals surface area contributed by atoms with Crippen LogP contribution in [0.2, 0.25) is 0 Å². The van der Waals surface area contributed by atoms with Crippen molar-refractivity contribution >= 4 is 6.29 Å². The Balaban J connectivity index is 2.86. The van der Waals surface area contributed by atoms with Crippen molar-refractivity contribution in [3.8, 4) is 5.75 Å². The number of aromatic nitrogens is 2. The van der Waals surface area contributed by atoms with Gasteiger partial charge in [0.2, 0.25) is 0 Å². The van der Waals surface area contributed by atoms with Crippen LogP contribution in [0.3, 0.4) is 0 Å². The molecule has 1 aromatic rings. The molecule has 1 N–H and O–H groups in total. The summed E-state index contributed by atoms with van der Waals surface area (Å²) in [5.74, 6) is -0.164. The molecular weight excluding hydrogens is 160 g/mol. The fraction of sp³-hybridized carbons (Fsp3) is 0.286. The van der Waals surface area contributed by atoms with Gasteiger partial charge in [0, 0.05) is 12.5 Å². The number of aldehydes is 1. The highest BCUT2D eigenvalue weighted by Gasteiger charge is 1.96. The zero-order chi connectivity index (χ0) is 8.97. The molecule has 0 bridgehead atoms. The molecule has 0 aliphatic heterocycles. The van der Waals surface area contributed by atoms with Gasteiger partial charge in [-0.3, -0.25) is 4.79 Å². The quantitative estimate of drug-likeness (QED) is 0.620. The lowest BCUT2D eigenvalue weighted by atomic mass is 10.4. The molecule has 0 aliphatic rings. The van der Waals surface area contributed by atoms with Gasteiger partial charge in [-0.1, -0.05) is 0 Å². The number of aryl methyl sites for hydroxylation is 1. The van der Waals surface area contributed by atoms with E-state index in [1.54, 1.807) is 0 Å². The minimum Gasteiger partial charge on any atom is -0.506 e. The standard InChI is InChI=1S/C7H8N2O3/c10-3-1-2-9-7(12)4-6(11)5-8-9/h3-5,11H,1-2H2. The van der Waals surface area contributed by atoms with Gasteiger partial charge >= 0.3 is 0 Å². The zero-order valence-corrected chi connectivity index (χ0v) is 6.30. The second-order valence-electron chi connectivity index (χ2n) is 2.23. The molecule has 1 aromatic heterocycles. The molecule has 5 heteroatoms. The third-order valence-electron chi connectivity index (χ3n) is 1.31. The van der Waals surface area contributed by atoms with Crippen LogP contribution in [0.15, 0.2) is 17.1 Å². The van der Waals surface area contributed by atoms with Gasteiger partial charge in [-0.05, 0) is 0 Å². The maximum atomic E-state index is 11.0. The maximum absolute atomic E-state index is 11.0. The van der Waals surface area contributed by atoms with Gasteiger partial charge in [0.15, 0.2) is 0 Å². The Morgan fingerprint density at radius 3 is 3.00 bits per heavy atom. The van der Waals surface area contributed by atoms with Crippen LogP contribution in [0.4, 0.5) is 0 Å². The summed E-state index contributed by atoms with van der Waals surface area (Å²) in [6.45, 7) is 0.253. The van der Waals surface area contributed by atoms with Crippen LogP contribution < -0.4 is 5.56 Å². The minimum absolute atomic E-state index is 0.164. The van der Waals surface area contributed by atoms with E-state index in [-0.39, 0.29) is 18.7 Å². The highest BCUT2D eigenvalue weighted by Crippen LogP contribution is 1.97. The molecular formula is C7H8N2O3. The summed E-state index contributed by atoms with van der Waals surface area (Å²) < 4.78 is 1.12. The minimum atomic E-state index is -0.406. The van der Waals surface area contributed by atoms with Crippen molar-refractivity contribution in [1.82, 2.24) is 9.78 Å². The Bertz CT molecular complexity index is 332. The molecule has 0 saturated heterocycles. The summed E-state index contributed by atoms with van der Waals surface area (Å²) in [5.41, 5.74) is -0.406. The smallest absolute Gasteiger partial charge is 0.270 e. The van der Waals surface area contributed by atoms with Crippen molar-refractivity contribution in [3.63, 3.8) is 0 Å². The number of carbonyl (C=O) groups is 1. The average Bonchev–Trinajstić information content (AvgIpc) is 2.03. The summed E-state index contributed by atoms with van der Waals surface area (Å²) in [6.07, 6.45) is 2.12. The largest absolute Gasteiger partial charge is 0.506 e. The molecule has 64 valence electrons. The van der Waals surface area contributed by atoms with Crippen LogP contribution in [0.5, 0.6) is 5.75 Å². The summed E-state index contributed by atoms with van der Waals surface area (Å²) in [5, 5.41) is 12.4. The second-order valence-corrected chi connectivity index (χ2v) is 2.23. The lowest BCUT2D eigenvalue weighted by molar-refractivity contribution is -0.108. The van der Waals surface area contributed by atoms with Crippen molar-refractivity contribution in [3.05, 3.63) is 22.6 Å². The van der Waals surface area contributed by atoms with Crippen molar-refractivity contribution in [2.75, 3.05) is 0 Å². The predicted molar refractivity (Wildman–Crippen MR) is 40.8 cm³/mol. The first kappa shape index (κ1) is 8.45. The molecule has 0 spiro atoms. The van der Waals surface area contributed by atoms with Crippen LogP contribution in [0.1, 0.15) is 6.42 Å². The molecule has 0 amide bonds. The van der Waals surface area contributed by atoms with Crippen LogP contribution in [0, 0.1) is 0 Å². The molecule has 1 rings (SSSR count). The topological polar surface area (TPSA) is 72.2 Å². The summed E-state index contributed by atoms with van der Waals surface area (Å²) in [7, 11) is 0. The van der Waals surface area contributed by atoms with E-state index in [9.17, 15) is 9.59 Å². The van der Waals surface area contributed by atoms with E-state index in [1.165, 1.54) is 0 Å². The van der Waals surface area contributed by atoms with Gasteiger partial charge in [0.05, 0.1) is 12.7 Å². The highest BCUT2D eigenvalue weighted by molar-refractivity contribution is 5.48. The van der Waals surface area contributed by atoms with Crippen molar-refractivity contribution < 1.29 is 9.90 Å². The molecule has 5 nitrogen and oxygen atoms in total. The SMILES string of the molecule is O=CCCn1ncc(O)cc1=O. The Labute approximate surface area is 68.3 Å². The number of rotatable bonds is 3. The normalized spacial score (nSPS) is 9.67. The van der Waals surface area contributed by atoms with Crippen LogP contribution in [0.25, 0.3) is 0 Å². The third-order valence-corrected chi connectivity index (χ3v) is 1.31. The van der Waals surface area contributed by atoms with Crippen LogP contribution in [-0.2, 0) is 11.3 Å².